The highest BCUT2D eigenvalue weighted by Gasteiger charge is 2.46. The molecule has 2 saturated heterocycles. The van der Waals surface area contributed by atoms with Crippen molar-refractivity contribution in [3.8, 4) is 0 Å². The average Bonchev–Trinajstić information content (AvgIpc) is 3.49. The van der Waals surface area contributed by atoms with Gasteiger partial charge in [-0.05, 0) is 48.8 Å². The zero-order valence-electron chi connectivity index (χ0n) is 22.7. The fourth-order valence-corrected chi connectivity index (χ4v) is 8.40. The van der Waals surface area contributed by atoms with Crippen LogP contribution in [0.1, 0.15) is 70.2 Å². The van der Waals surface area contributed by atoms with Gasteiger partial charge in [0, 0.05) is 42.8 Å². The van der Waals surface area contributed by atoms with Crippen LogP contribution in [0.3, 0.4) is 0 Å². The molecule has 1 amide bonds. The minimum Gasteiger partial charge on any atom is -0.369 e. The lowest BCUT2D eigenvalue weighted by Crippen LogP contribution is -2.44. The van der Waals surface area contributed by atoms with Crippen LogP contribution in [0.2, 0.25) is 0 Å². The van der Waals surface area contributed by atoms with Crippen LogP contribution in [-0.4, -0.2) is 48.9 Å². The number of ketones is 1. The van der Waals surface area contributed by atoms with Gasteiger partial charge < -0.3 is 15.4 Å². The Morgan fingerprint density at radius 2 is 2.03 bits per heavy atom. The second-order valence-electron chi connectivity index (χ2n) is 10.7. The number of allylic oxidation sites excluding steroid dienone is 2. The van der Waals surface area contributed by atoms with E-state index < -0.39 is 0 Å². The SMILES string of the molecule is C=C1C(C=C/C=C(\CC)CN)OCC12CCN(C(=O)c1sc(SCc3ccccc3)c3c1CCCC3=O)CC2. The van der Waals surface area contributed by atoms with Crippen molar-refractivity contribution >= 4 is 34.8 Å². The first-order chi connectivity index (χ1) is 19.0. The smallest absolute Gasteiger partial charge is 0.264 e. The highest BCUT2D eigenvalue weighted by molar-refractivity contribution is 8.00. The van der Waals surface area contributed by atoms with E-state index in [0.717, 1.165) is 63.6 Å². The Bertz CT molecular complexity index is 1280. The molecular formula is C32H38N2O3S2. The molecule has 2 aliphatic heterocycles. The predicted molar refractivity (Wildman–Crippen MR) is 161 cm³/mol. The van der Waals surface area contributed by atoms with Crippen molar-refractivity contribution in [3.63, 3.8) is 0 Å². The molecule has 39 heavy (non-hydrogen) atoms. The minimum absolute atomic E-state index is 0.0763. The van der Waals surface area contributed by atoms with Crippen molar-refractivity contribution < 1.29 is 14.3 Å². The molecule has 0 saturated carbocycles. The fourth-order valence-electron chi connectivity index (χ4n) is 5.80. The first-order valence-electron chi connectivity index (χ1n) is 14.0. The number of hydrogen-bond acceptors (Lipinski definition) is 6. The van der Waals surface area contributed by atoms with Gasteiger partial charge in [-0.3, -0.25) is 9.59 Å². The number of piperidine rings is 1. The van der Waals surface area contributed by atoms with E-state index in [2.05, 4.69) is 37.8 Å². The van der Waals surface area contributed by atoms with Crippen LogP contribution in [0.25, 0.3) is 0 Å². The Morgan fingerprint density at radius 3 is 2.74 bits per heavy atom. The molecule has 1 spiro atoms. The molecule has 3 heterocycles. The molecule has 2 aromatic rings. The van der Waals surface area contributed by atoms with E-state index >= 15 is 0 Å². The van der Waals surface area contributed by atoms with E-state index in [1.165, 1.54) is 22.5 Å². The summed E-state index contributed by atoms with van der Waals surface area (Å²) in [6.07, 6.45) is 10.9. The van der Waals surface area contributed by atoms with E-state index in [-0.39, 0.29) is 23.2 Å². The minimum atomic E-state index is -0.0982. The van der Waals surface area contributed by atoms with Crippen molar-refractivity contribution in [3.05, 3.63) is 87.9 Å². The van der Waals surface area contributed by atoms with Crippen LogP contribution in [0.5, 0.6) is 0 Å². The number of nitrogens with two attached hydrogens (primary N) is 1. The van der Waals surface area contributed by atoms with Gasteiger partial charge >= 0.3 is 0 Å². The average molecular weight is 563 g/mol. The molecule has 3 aliphatic rings. The molecule has 0 bridgehead atoms. The molecule has 206 valence electrons. The van der Waals surface area contributed by atoms with Crippen molar-refractivity contribution in [2.45, 2.75) is 61.5 Å². The second-order valence-corrected chi connectivity index (χ2v) is 13.0. The zero-order valence-corrected chi connectivity index (χ0v) is 24.4. The largest absolute Gasteiger partial charge is 0.369 e. The van der Waals surface area contributed by atoms with E-state index in [4.69, 9.17) is 10.5 Å². The Balaban J connectivity index is 1.27. The third-order valence-corrected chi connectivity index (χ3v) is 11.0. The molecule has 1 aromatic carbocycles. The summed E-state index contributed by atoms with van der Waals surface area (Å²) in [6.45, 7) is 9.11. The predicted octanol–water partition coefficient (Wildman–Crippen LogP) is 6.59. The Hall–Kier alpha value is -2.45. The number of hydrogen-bond donors (Lipinski definition) is 1. The monoisotopic (exact) mass is 562 g/mol. The van der Waals surface area contributed by atoms with Gasteiger partial charge in [0.1, 0.15) is 0 Å². The lowest BCUT2D eigenvalue weighted by atomic mass is 9.73. The van der Waals surface area contributed by atoms with Crippen LogP contribution < -0.4 is 5.73 Å². The third kappa shape index (κ3) is 5.87. The van der Waals surface area contributed by atoms with Gasteiger partial charge in [0.15, 0.2) is 5.78 Å². The summed E-state index contributed by atoms with van der Waals surface area (Å²) < 4.78 is 7.15. The number of Topliss-reactive ketones (excluding diaryl/α,β-unsaturated/α-hetero) is 1. The second kappa shape index (κ2) is 12.4. The number of benzene rings is 1. The number of carbonyl (C=O) groups is 2. The van der Waals surface area contributed by atoms with Crippen LogP contribution in [0.4, 0.5) is 0 Å². The third-order valence-electron chi connectivity index (χ3n) is 8.40. The summed E-state index contributed by atoms with van der Waals surface area (Å²) in [5.74, 6) is 1.05. The summed E-state index contributed by atoms with van der Waals surface area (Å²) in [5, 5.41) is 0. The molecule has 1 aromatic heterocycles. The Labute approximate surface area is 240 Å². The molecule has 0 radical (unpaired) electrons. The molecular weight excluding hydrogens is 524 g/mol. The number of thiophene rings is 1. The van der Waals surface area contributed by atoms with Crippen LogP contribution in [-0.2, 0) is 16.9 Å². The van der Waals surface area contributed by atoms with Gasteiger partial charge in [-0.15, -0.1) is 23.1 Å². The molecule has 7 heteroatoms. The number of carbonyl (C=O) groups excluding carboxylic acids is 2. The molecule has 1 atom stereocenters. The molecule has 5 nitrogen and oxygen atoms in total. The van der Waals surface area contributed by atoms with E-state index in [0.29, 0.717) is 32.7 Å². The number of nitrogens with zero attached hydrogens (tertiary/aromatic N) is 1. The maximum absolute atomic E-state index is 13.8. The number of fused-ring (bicyclic) bond motifs is 1. The molecule has 2 fully saturated rings. The number of likely N-dealkylation sites (tertiary alicyclic amines) is 1. The van der Waals surface area contributed by atoms with E-state index in [9.17, 15) is 9.59 Å². The first kappa shape index (κ1) is 28.1. The van der Waals surface area contributed by atoms with Crippen molar-refractivity contribution in [1.29, 1.82) is 0 Å². The van der Waals surface area contributed by atoms with Gasteiger partial charge in [0.25, 0.3) is 5.91 Å². The van der Waals surface area contributed by atoms with E-state index in [1.807, 2.05) is 29.2 Å². The lowest BCUT2D eigenvalue weighted by molar-refractivity contribution is 0.0545. The number of amides is 1. The van der Waals surface area contributed by atoms with Gasteiger partial charge in [0.2, 0.25) is 0 Å². The summed E-state index contributed by atoms with van der Waals surface area (Å²) in [5.41, 5.74) is 11.0. The van der Waals surface area contributed by atoms with Gasteiger partial charge in [0.05, 0.1) is 21.8 Å². The van der Waals surface area contributed by atoms with E-state index in [1.54, 1.807) is 11.8 Å². The summed E-state index contributed by atoms with van der Waals surface area (Å²) in [7, 11) is 0. The molecule has 2 N–H and O–H groups in total. The quantitative estimate of drug-likeness (QED) is 0.223. The summed E-state index contributed by atoms with van der Waals surface area (Å²) in [6, 6.07) is 10.3. The summed E-state index contributed by atoms with van der Waals surface area (Å²) in [4.78, 5) is 29.5. The number of rotatable bonds is 8. The maximum Gasteiger partial charge on any atom is 0.264 e. The van der Waals surface area contributed by atoms with Gasteiger partial charge in [-0.25, -0.2) is 0 Å². The number of ether oxygens (including phenoxy) is 1. The zero-order chi connectivity index (χ0) is 27.4. The molecule has 1 unspecified atom stereocenters. The first-order valence-corrected chi connectivity index (χ1v) is 15.8. The fraction of sp³-hybridized carbons (Fsp3) is 0.438. The molecule has 5 rings (SSSR count). The highest BCUT2D eigenvalue weighted by atomic mass is 32.2. The topological polar surface area (TPSA) is 72.6 Å². The Kier molecular flexibility index (Phi) is 8.92. The van der Waals surface area contributed by atoms with Crippen LogP contribution in [0.15, 0.2) is 70.5 Å². The lowest BCUT2D eigenvalue weighted by Gasteiger charge is -2.39. The highest BCUT2D eigenvalue weighted by Crippen LogP contribution is 2.47. The standard InChI is InChI=1S/C32H38N2O3S2/c1-3-23(19-33)11-7-14-27-22(2)32(21-37-27)15-17-34(18-16-32)30(36)29-25-12-8-13-26(35)28(25)31(39-29)38-20-24-9-5-4-6-10-24/h4-7,9-11,14,27H,2-3,8,12-13,15-21,33H2,1H3/b14-7?,23-11+. The van der Waals surface area contributed by atoms with Gasteiger partial charge in [-0.1, -0.05) is 67.6 Å². The normalized spacial score (nSPS) is 21.2. The van der Waals surface area contributed by atoms with Crippen molar-refractivity contribution in [2.24, 2.45) is 11.1 Å². The molecule has 1 aliphatic carbocycles. The van der Waals surface area contributed by atoms with Crippen molar-refractivity contribution in [2.75, 3.05) is 26.2 Å². The van der Waals surface area contributed by atoms with Gasteiger partial charge in [-0.2, -0.15) is 0 Å². The Morgan fingerprint density at radius 1 is 1.26 bits per heavy atom. The maximum atomic E-state index is 13.8. The van der Waals surface area contributed by atoms with Crippen molar-refractivity contribution in [1.82, 2.24) is 4.90 Å². The van der Waals surface area contributed by atoms with Crippen LogP contribution >= 0.6 is 23.1 Å². The van der Waals surface area contributed by atoms with Crippen LogP contribution in [0, 0.1) is 5.41 Å². The number of thioether (sulfide) groups is 1. The summed E-state index contributed by atoms with van der Waals surface area (Å²) >= 11 is 3.21.